The summed E-state index contributed by atoms with van der Waals surface area (Å²) < 4.78 is 18.8. The molecular weight excluding hydrogens is 450 g/mol. The molecule has 146 valence electrons. The fourth-order valence-corrected chi connectivity index (χ4v) is 2.50. The number of likely N-dealkylation sites (N-methyl/N-ethyl adjacent to an activating group) is 1. The number of aliphatic imine (C=N–C) groups is 1. The predicted molar refractivity (Wildman–Crippen MR) is 111 cm³/mol. The van der Waals surface area contributed by atoms with Crippen LogP contribution in [0.2, 0.25) is 0 Å². The van der Waals surface area contributed by atoms with Gasteiger partial charge in [-0.05, 0) is 37.0 Å². The SMILES string of the molecule is CN(C)C(=O)CN=C(NCCc1cccc(F)c1)NCC1CCCO1.I. The van der Waals surface area contributed by atoms with Crippen LogP contribution in [0.1, 0.15) is 18.4 Å². The molecule has 1 fully saturated rings. The Morgan fingerprint density at radius 1 is 1.38 bits per heavy atom. The number of carbonyl (C=O) groups is 1. The highest BCUT2D eigenvalue weighted by Gasteiger charge is 2.15. The Kier molecular flexibility index (Phi) is 10.5. The first-order valence-electron chi connectivity index (χ1n) is 8.63. The monoisotopic (exact) mass is 478 g/mol. The Bertz CT molecular complexity index is 592. The van der Waals surface area contributed by atoms with Crippen molar-refractivity contribution >= 4 is 35.8 Å². The first kappa shape index (κ1) is 22.6. The lowest BCUT2D eigenvalue weighted by molar-refractivity contribution is -0.127. The van der Waals surface area contributed by atoms with Crippen LogP contribution >= 0.6 is 24.0 Å². The Balaban J connectivity index is 0.00000338. The van der Waals surface area contributed by atoms with Gasteiger partial charge in [0.1, 0.15) is 12.4 Å². The highest BCUT2D eigenvalue weighted by molar-refractivity contribution is 14.0. The Morgan fingerprint density at radius 3 is 2.85 bits per heavy atom. The van der Waals surface area contributed by atoms with Gasteiger partial charge in [0.25, 0.3) is 0 Å². The van der Waals surface area contributed by atoms with Gasteiger partial charge in [-0.2, -0.15) is 0 Å². The average Bonchev–Trinajstić information content (AvgIpc) is 3.10. The smallest absolute Gasteiger partial charge is 0.243 e. The minimum Gasteiger partial charge on any atom is -0.376 e. The second-order valence-electron chi connectivity index (χ2n) is 6.28. The maximum absolute atomic E-state index is 13.2. The lowest BCUT2D eigenvalue weighted by atomic mass is 10.1. The molecule has 1 atom stereocenters. The molecule has 1 unspecified atom stereocenters. The number of carbonyl (C=O) groups excluding carboxylic acids is 1. The predicted octanol–water partition coefficient (Wildman–Crippen LogP) is 1.79. The van der Waals surface area contributed by atoms with E-state index in [9.17, 15) is 9.18 Å². The summed E-state index contributed by atoms with van der Waals surface area (Å²) in [6.07, 6.45) is 2.95. The zero-order valence-electron chi connectivity index (χ0n) is 15.3. The fraction of sp³-hybridized carbons (Fsp3) is 0.556. The van der Waals surface area contributed by atoms with Crippen molar-refractivity contribution in [1.29, 1.82) is 0 Å². The number of amides is 1. The summed E-state index contributed by atoms with van der Waals surface area (Å²) in [6.45, 7) is 2.12. The molecule has 0 aromatic heterocycles. The van der Waals surface area contributed by atoms with Gasteiger partial charge in [0, 0.05) is 33.8 Å². The van der Waals surface area contributed by atoms with E-state index in [-0.39, 0.29) is 48.3 Å². The molecule has 2 N–H and O–H groups in total. The van der Waals surface area contributed by atoms with Crippen LogP contribution in [0.25, 0.3) is 0 Å². The summed E-state index contributed by atoms with van der Waals surface area (Å²) in [4.78, 5) is 17.6. The lowest BCUT2D eigenvalue weighted by Gasteiger charge is -2.16. The normalized spacial score (nSPS) is 16.7. The quantitative estimate of drug-likeness (QED) is 0.357. The molecule has 0 saturated carbocycles. The van der Waals surface area contributed by atoms with Crippen molar-refractivity contribution in [2.24, 2.45) is 4.99 Å². The van der Waals surface area contributed by atoms with Gasteiger partial charge in [-0.1, -0.05) is 12.1 Å². The highest BCUT2D eigenvalue weighted by Crippen LogP contribution is 2.10. The highest BCUT2D eigenvalue weighted by atomic mass is 127. The first-order chi connectivity index (χ1) is 12.0. The average molecular weight is 478 g/mol. The topological polar surface area (TPSA) is 66.0 Å². The Labute approximate surface area is 171 Å². The number of hydrogen-bond donors (Lipinski definition) is 2. The van der Waals surface area contributed by atoms with Crippen LogP contribution in [-0.4, -0.2) is 63.2 Å². The minimum atomic E-state index is -0.237. The van der Waals surface area contributed by atoms with E-state index in [0.717, 1.165) is 25.0 Å². The third-order valence-electron chi connectivity index (χ3n) is 3.99. The number of nitrogens with one attached hydrogen (secondary N) is 2. The van der Waals surface area contributed by atoms with E-state index in [1.807, 2.05) is 6.07 Å². The van der Waals surface area contributed by atoms with E-state index >= 15 is 0 Å². The number of hydrogen-bond acceptors (Lipinski definition) is 3. The molecule has 0 radical (unpaired) electrons. The van der Waals surface area contributed by atoms with Crippen LogP contribution in [0.5, 0.6) is 0 Å². The Morgan fingerprint density at radius 2 is 2.19 bits per heavy atom. The van der Waals surface area contributed by atoms with E-state index in [1.165, 1.54) is 17.0 Å². The van der Waals surface area contributed by atoms with Crippen molar-refractivity contribution in [3.8, 4) is 0 Å². The largest absolute Gasteiger partial charge is 0.376 e. The van der Waals surface area contributed by atoms with Crippen LogP contribution in [-0.2, 0) is 16.0 Å². The third kappa shape index (κ3) is 8.31. The van der Waals surface area contributed by atoms with E-state index in [1.54, 1.807) is 20.2 Å². The number of ether oxygens (including phenoxy) is 1. The number of rotatable bonds is 7. The molecule has 0 spiro atoms. The summed E-state index contributed by atoms with van der Waals surface area (Å²) >= 11 is 0. The number of guanidine groups is 1. The molecule has 0 bridgehead atoms. The van der Waals surface area contributed by atoms with Gasteiger partial charge in [0.15, 0.2) is 5.96 Å². The molecule has 1 saturated heterocycles. The zero-order chi connectivity index (χ0) is 18.1. The first-order valence-corrected chi connectivity index (χ1v) is 8.63. The Hall–Kier alpha value is -1.42. The number of nitrogens with zero attached hydrogens (tertiary/aromatic N) is 2. The maximum atomic E-state index is 13.2. The molecule has 2 rings (SSSR count). The zero-order valence-corrected chi connectivity index (χ0v) is 17.7. The van der Waals surface area contributed by atoms with Gasteiger partial charge < -0.3 is 20.3 Å². The van der Waals surface area contributed by atoms with Gasteiger partial charge in [-0.3, -0.25) is 4.79 Å². The van der Waals surface area contributed by atoms with Crippen LogP contribution in [0, 0.1) is 5.82 Å². The van der Waals surface area contributed by atoms with Crippen molar-refractivity contribution in [3.05, 3.63) is 35.6 Å². The van der Waals surface area contributed by atoms with Crippen LogP contribution in [0.3, 0.4) is 0 Å². The molecular formula is C18H28FIN4O2. The molecule has 1 heterocycles. The molecule has 1 aromatic rings. The van der Waals surface area contributed by atoms with Gasteiger partial charge >= 0.3 is 0 Å². The van der Waals surface area contributed by atoms with E-state index in [4.69, 9.17) is 4.74 Å². The molecule has 6 nitrogen and oxygen atoms in total. The van der Waals surface area contributed by atoms with E-state index in [2.05, 4.69) is 15.6 Å². The molecule has 1 aromatic carbocycles. The molecule has 1 aliphatic heterocycles. The van der Waals surface area contributed by atoms with Crippen molar-refractivity contribution in [1.82, 2.24) is 15.5 Å². The molecule has 1 aliphatic rings. The van der Waals surface area contributed by atoms with Gasteiger partial charge in [-0.15, -0.1) is 24.0 Å². The summed E-state index contributed by atoms with van der Waals surface area (Å²) in [5, 5.41) is 6.42. The minimum absolute atomic E-state index is 0. The van der Waals surface area contributed by atoms with Crippen LogP contribution in [0.15, 0.2) is 29.3 Å². The molecule has 0 aliphatic carbocycles. The summed E-state index contributed by atoms with van der Waals surface area (Å²) in [5.41, 5.74) is 0.912. The van der Waals surface area contributed by atoms with Gasteiger partial charge in [0.2, 0.25) is 5.91 Å². The van der Waals surface area contributed by atoms with Crippen LogP contribution < -0.4 is 10.6 Å². The molecule has 1 amide bonds. The standard InChI is InChI=1S/C18H27FN4O2.HI/c1-23(2)17(24)13-22-18(21-12-16-7-4-10-25-16)20-9-8-14-5-3-6-15(19)11-14;/h3,5-6,11,16H,4,7-10,12-13H2,1-2H3,(H2,20,21,22);1H. The van der Waals surface area contributed by atoms with Crippen molar-refractivity contribution in [2.45, 2.75) is 25.4 Å². The molecule has 8 heteroatoms. The van der Waals surface area contributed by atoms with Gasteiger partial charge in [0.05, 0.1) is 6.10 Å². The summed E-state index contributed by atoms with van der Waals surface area (Å²) in [5.74, 6) is 0.268. The second kappa shape index (κ2) is 12.1. The number of benzene rings is 1. The van der Waals surface area contributed by atoms with Gasteiger partial charge in [-0.25, -0.2) is 9.38 Å². The van der Waals surface area contributed by atoms with Crippen molar-refractivity contribution in [3.63, 3.8) is 0 Å². The van der Waals surface area contributed by atoms with E-state index < -0.39 is 0 Å². The second-order valence-corrected chi connectivity index (χ2v) is 6.28. The third-order valence-corrected chi connectivity index (χ3v) is 3.99. The summed E-state index contributed by atoms with van der Waals surface area (Å²) in [6, 6.07) is 6.54. The van der Waals surface area contributed by atoms with Crippen molar-refractivity contribution < 1.29 is 13.9 Å². The number of halogens is 2. The summed E-state index contributed by atoms with van der Waals surface area (Å²) in [7, 11) is 3.41. The van der Waals surface area contributed by atoms with E-state index in [0.29, 0.717) is 25.5 Å². The van der Waals surface area contributed by atoms with Crippen LogP contribution in [0.4, 0.5) is 4.39 Å². The molecule has 26 heavy (non-hydrogen) atoms. The van der Waals surface area contributed by atoms with Crippen molar-refractivity contribution in [2.75, 3.05) is 40.3 Å². The fourth-order valence-electron chi connectivity index (χ4n) is 2.50. The maximum Gasteiger partial charge on any atom is 0.243 e. The lowest BCUT2D eigenvalue weighted by Crippen LogP contribution is -2.42.